The molecular weight excluding hydrogens is 284 g/mol. The average molecular weight is 306 g/mol. The lowest BCUT2D eigenvalue weighted by molar-refractivity contribution is -0.145. The summed E-state index contributed by atoms with van der Waals surface area (Å²) in [5, 5.41) is 3.89. The van der Waals surface area contributed by atoms with Crippen LogP contribution in [0.2, 0.25) is 0 Å². The first kappa shape index (κ1) is 17.7. The number of amides is 1. The summed E-state index contributed by atoms with van der Waals surface area (Å²) in [7, 11) is 0. The lowest BCUT2D eigenvalue weighted by Crippen LogP contribution is -2.28. The highest BCUT2D eigenvalue weighted by molar-refractivity contribution is 6.00. The molecule has 0 heterocycles. The molecule has 1 N–H and O–H groups in total. The molecule has 1 unspecified atom stereocenters. The van der Waals surface area contributed by atoms with E-state index >= 15 is 0 Å². The largest absolute Gasteiger partial charge is 0.484 e. The van der Waals surface area contributed by atoms with E-state index in [4.69, 9.17) is 9.47 Å². The molecule has 1 aromatic rings. The zero-order valence-corrected chi connectivity index (χ0v) is 13.4. The van der Waals surface area contributed by atoms with E-state index in [2.05, 4.69) is 10.5 Å². The van der Waals surface area contributed by atoms with E-state index in [0.29, 0.717) is 18.1 Å². The van der Waals surface area contributed by atoms with Crippen molar-refractivity contribution in [3.05, 3.63) is 29.8 Å². The Labute approximate surface area is 130 Å². The molecule has 6 nitrogen and oxygen atoms in total. The zero-order chi connectivity index (χ0) is 16.5. The second-order valence-electron chi connectivity index (χ2n) is 4.87. The molecule has 22 heavy (non-hydrogen) atoms. The Bertz CT molecular complexity index is 555. The summed E-state index contributed by atoms with van der Waals surface area (Å²) in [6.45, 7) is 7.18. The topological polar surface area (TPSA) is 77.0 Å². The smallest absolute Gasteiger partial charge is 0.314 e. The van der Waals surface area contributed by atoms with Crippen LogP contribution in [0.15, 0.2) is 29.4 Å². The van der Waals surface area contributed by atoms with Gasteiger partial charge in [0.05, 0.1) is 12.5 Å². The van der Waals surface area contributed by atoms with E-state index in [0.717, 1.165) is 5.56 Å². The predicted molar refractivity (Wildman–Crippen MR) is 83.7 cm³/mol. The Morgan fingerprint density at radius 3 is 2.73 bits per heavy atom. The maximum Gasteiger partial charge on any atom is 0.314 e. The molecular formula is C16H22N2O4. The second-order valence-corrected chi connectivity index (χ2v) is 4.87. The van der Waals surface area contributed by atoms with Gasteiger partial charge in [-0.15, -0.1) is 0 Å². The van der Waals surface area contributed by atoms with Gasteiger partial charge in [-0.1, -0.05) is 12.1 Å². The third kappa shape index (κ3) is 5.95. The third-order valence-corrected chi connectivity index (χ3v) is 2.98. The van der Waals surface area contributed by atoms with Gasteiger partial charge in [-0.05, 0) is 45.4 Å². The number of hydrazone groups is 1. The summed E-state index contributed by atoms with van der Waals surface area (Å²) in [6, 6.07) is 7.41. The number of esters is 1. The fraction of sp³-hybridized carbons (Fsp3) is 0.438. The first-order valence-corrected chi connectivity index (χ1v) is 7.13. The van der Waals surface area contributed by atoms with Crippen LogP contribution in [0.4, 0.5) is 0 Å². The highest BCUT2D eigenvalue weighted by Crippen LogP contribution is 2.11. The molecule has 0 radical (unpaired) electrons. The summed E-state index contributed by atoms with van der Waals surface area (Å²) < 4.78 is 10.2. The molecule has 0 aliphatic carbocycles. The quantitative estimate of drug-likeness (QED) is 0.475. The van der Waals surface area contributed by atoms with Crippen molar-refractivity contribution >= 4 is 17.6 Å². The summed E-state index contributed by atoms with van der Waals surface area (Å²) in [5.41, 5.74) is 3.89. The Morgan fingerprint density at radius 1 is 1.36 bits per heavy atom. The number of benzene rings is 1. The Kier molecular flexibility index (Phi) is 7.08. The maximum absolute atomic E-state index is 11.7. The van der Waals surface area contributed by atoms with Gasteiger partial charge in [0.2, 0.25) is 0 Å². The van der Waals surface area contributed by atoms with E-state index in [-0.39, 0.29) is 12.6 Å². The molecule has 1 amide bonds. The Morgan fingerprint density at radius 2 is 2.09 bits per heavy atom. The molecule has 0 fully saturated rings. The van der Waals surface area contributed by atoms with Crippen LogP contribution < -0.4 is 10.2 Å². The molecule has 0 spiro atoms. The van der Waals surface area contributed by atoms with Crippen molar-refractivity contribution in [2.24, 2.45) is 11.0 Å². The lowest BCUT2D eigenvalue weighted by atomic mass is 10.1. The van der Waals surface area contributed by atoms with Gasteiger partial charge in [0, 0.05) is 5.71 Å². The van der Waals surface area contributed by atoms with Crippen LogP contribution in [0.25, 0.3) is 0 Å². The predicted octanol–water partition coefficient (Wildman–Crippen LogP) is 2.07. The van der Waals surface area contributed by atoms with Crippen LogP contribution >= 0.6 is 0 Å². The fourth-order valence-corrected chi connectivity index (χ4v) is 1.57. The van der Waals surface area contributed by atoms with E-state index in [1.807, 2.05) is 25.1 Å². The number of hydrogen-bond acceptors (Lipinski definition) is 5. The van der Waals surface area contributed by atoms with E-state index < -0.39 is 11.8 Å². The van der Waals surface area contributed by atoms with Gasteiger partial charge in [-0.2, -0.15) is 5.10 Å². The summed E-state index contributed by atoms with van der Waals surface area (Å²) in [6.07, 6.45) is 0. The number of hydrogen-bond donors (Lipinski definition) is 1. The molecule has 0 saturated carbocycles. The maximum atomic E-state index is 11.7. The van der Waals surface area contributed by atoms with Crippen molar-refractivity contribution in [2.45, 2.75) is 27.7 Å². The van der Waals surface area contributed by atoms with E-state index in [9.17, 15) is 9.59 Å². The number of rotatable bonds is 7. The molecule has 1 atom stereocenters. The van der Waals surface area contributed by atoms with Crippen molar-refractivity contribution in [2.75, 3.05) is 13.2 Å². The first-order valence-electron chi connectivity index (χ1n) is 7.13. The van der Waals surface area contributed by atoms with Gasteiger partial charge in [0.1, 0.15) is 5.75 Å². The molecule has 0 aliphatic heterocycles. The molecule has 1 aromatic carbocycles. The summed E-state index contributed by atoms with van der Waals surface area (Å²) >= 11 is 0. The number of aryl methyl sites for hydroxylation is 1. The van der Waals surface area contributed by atoms with Crippen LogP contribution in [-0.4, -0.2) is 30.8 Å². The molecule has 6 heteroatoms. The van der Waals surface area contributed by atoms with Crippen molar-refractivity contribution in [1.29, 1.82) is 0 Å². The van der Waals surface area contributed by atoms with Crippen molar-refractivity contribution in [3.63, 3.8) is 0 Å². The average Bonchev–Trinajstić information content (AvgIpc) is 2.50. The third-order valence-electron chi connectivity index (χ3n) is 2.98. The van der Waals surface area contributed by atoms with Crippen LogP contribution in [0, 0.1) is 12.8 Å². The highest BCUT2D eigenvalue weighted by atomic mass is 16.5. The van der Waals surface area contributed by atoms with E-state index in [1.165, 1.54) is 0 Å². The summed E-state index contributed by atoms with van der Waals surface area (Å²) in [4.78, 5) is 23.2. The molecule has 0 aromatic heterocycles. The van der Waals surface area contributed by atoms with Crippen molar-refractivity contribution in [1.82, 2.24) is 5.43 Å². The normalized spacial score (nSPS) is 12.5. The molecule has 0 bridgehead atoms. The van der Waals surface area contributed by atoms with Gasteiger partial charge in [-0.3, -0.25) is 9.59 Å². The van der Waals surface area contributed by atoms with Gasteiger partial charge in [-0.25, -0.2) is 5.43 Å². The Balaban J connectivity index is 2.44. The molecule has 0 aliphatic rings. The minimum Gasteiger partial charge on any atom is -0.484 e. The first-order chi connectivity index (χ1) is 10.4. The number of carbonyl (C=O) groups excluding carboxylic acids is 2. The van der Waals surface area contributed by atoms with Gasteiger partial charge >= 0.3 is 5.97 Å². The number of nitrogens with zero attached hydrogens (tertiary/aromatic N) is 1. The molecule has 1 rings (SSSR count). The highest BCUT2D eigenvalue weighted by Gasteiger charge is 2.17. The number of ether oxygens (including phenoxy) is 2. The molecule has 0 saturated heterocycles. The SMILES string of the molecule is CCOC(=O)C(C)C(C)=NNC(=O)COc1cccc(C)c1. The second kappa shape index (κ2) is 8.81. The minimum absolute atomic E-state index is 0.145. The standard InChI is InChI=1S/C16H22N2O4/c1-5-21-16(20)12(3)13(4)17-18-15(19)10-22-14-8-6-7-11(2)9-14/h6-9,12H,5,10H2,1-4H3,(H,18,19). The van der Waals surface area contributed by atoms with Crippen molar-refractivity contribution in [3.8, 4) is 5.75 Å². The Hall–Kier alpha value is -2.37. The van der Waals surface area contributed by atoms with Gasteiger partial charge in [0.15, 0.2) is 6.61 Å². The zero-order valence-electron chi connectivity index (χ0n) is 13.4. The van der Waals surface area contributed by atoms with Gasteiger partial charge < -0.3 is 9.47 Å². The van der Waals surface area contributed by atoms with Crippen LogP contribution in [-0.2, 0) is 14.3 Å². The molecule has 120 valence electrons. The number of nitrogens with one attached hydrogen (secondary N) is 1. The summed E-state index contributed by atoms with van der Waals surface area (Å²) in [5.74, 6) is -0.639. The monoisotopic (exact) mass is 306 g/mol. The minimum atomic E-state index is -0.502. The van der Waals surface area contributed by atoms with Crippen molar-refractivity contribution < 1.29 is 19.1 Å². The van der Waals surface area contributed by atoms with Gasteiger partial charge in [0.25, 0.3) is 5.91 Å². The lowest BCUT2D eigenvalue weighted by Gasteiger charge is -2.10. The van der Waals surface area contributed by atoms with E-state index in [1.54, 1.807) is 26.8 Å². The fourth-order valence-electron chi connectivity index (χ4n) is 1.57. The van der Waals surface area contributed by atoms with Crippen LogP contribution in [0.5, 0.6) is 5.75 Å². The van der Waals surface area contributed by atoms with Crippen LogP contribution in [0.3, 0.4) is 0 Å². The van der Waals surface area contributed by atoms with Crippen LogP contribution in [0.1, 0.15) is 26.3 Å². The number of carbonyl (C=O) groups is 2.